The van der Waals surface area contributed by atoms with E-state index < -0.39 is 18.2 Å². The van der Waals surface area contributed by atoms with Crippen molar-refractivity contribution in [1.82, 2.24) is 0 Å². The Balaban J connectivity index is 2.15. The third-order valence-electron chi connectivity index (χ3n) is 2.67. The van der Waals surface area contributed by atoms with Crippen molar-refractivity contribution in [1.29, 1.82) is 0 Å². The number of anilines is 1. The second-order valence-corrected chi connectivity index (χ2v) is 4.94. The van der Waals surface area contributed by atoms with Gasteiger partial charge in [-0.2, -0.15) is 8.78 Å². The Kier molecular flexibility index (Phi) is 5.06. The van der Waals surface area contributed by atoms with Gasteiger partial charge < -0.3 is 10.1 Å². The van der Waals surface area contributed by atoms with Crippen molar-refractivity contribution < 1.29 is 22.3 Å². The Morgan fingerprint density at radius 3 is 2.52 bits per heavy atom. The van der Waals surface area contributed by atoms with Gasteiger partial charge in [0.1, 0.15) is 17.4 Å². The van der Waals surface area contributed by atoms with Crippen LogP contribution in [0.15, 0.2) is 40.9 Å². The fourth-order valence-electron chi connectivity index (χ4n) is 1.71. The van der Waals surface area contributed by atoms with Crippen molar-refractivity contribution in [2.75, 3.05) is 5.32 Å². The van der Waals surface area contributed by atoms with Gasteiger partial charge in [-0.05, 0) is 28.1 Å². The van der Waals surface area contributed by atoms with Gasteiger partial charge in [0.15, 0.2) is 0 Å². The van der Waals surface area contributed by atoms with Crippen LogP contribution in [0.25, 0.3) is 0 Å². The Hall–Kier alpha value is -1.76. The van der Waals surface area contributed by atoms with Gasteiger partial charge in [0, 0.05) is 18.2 Å². The molecule has 0 atom stereocenters. The lowest BCUT2D eigenvalue weighted by Crippen LogP contribution is -2.08. The quantitative estimate of drug-likeness (QED) is 0.599. The molecule has 0 bridgehead atoms. The Bertz CT molecular complexity index is 636. The second kappa shape index (κ2) is 6.80. The van der Waals surface area contributed by atoms with Crippen molar-refractivity contribution >= 4 is 21.6 Å². The number of hydrogen-bond acceptors (Lipinski definition) is 2. The molecule has 21 heavy (non-hydrogen) atoms. The van der Waals surface area contributed by atoms with Crippen LogP contribution < -0.4 is 10.1 Å². The standard InChI is InChI=1S/C14H10BrF4NO/c15-9-5-12(11(17)6-10(9)16)20-7-8-3-1-2-4-13(8)21-14(18)19/h1-6,14,20H,7H2. The Morgan fingerprint density at radius 1 is 1.10 bits per heavy atom. The van der Waals surface area contributed by atoms with Crippen LogP contribution in [0.1, 0.15) is 5.56 Å². The summed E-state index contributed by atoms with van der Waals surface area (Å²) in [5.41, 5.74) is 0.479. The van der Waals surface area contributed by atoms with Crippen LogP contribution in [0, 0.1) is 11.6 Å². The fourth-order valence-corrected chi connectivity index (χ4v) is 2.05. The van der Waals surface area contributed by atoms with E-state index in [0.717, 1.165) is 6.07 Å². The summed E-state index contributed by atoms with van der Waals surface area (Å²) in [4.78, 5) is 0. The summed E-state index contributed by atoms with van der Waals surface area (Å²) >= 11 is 2.95. The second-order valence-electron chi connectivity index (χ2n) is 4.09. The Morgan fingerprint density at radius 2 is 1.81 bits per heavy atom. The summed E-state index contributed by atoms with van der Waals surface area (Å²) in [6, 6.07) is 8.12. The zero-order valence-corrected chi connectivity index (χ0v) is 12.1. The number of nitrogens with one attached hydrogen (secondary N) is 1. The lowest BCUT2D eigenvalue weighted by atomic mass is 10.2. The molecule has 0 fully saturated rings. The summed E-state index contributed by atoms with van der Waals surface area (Å²) in [6.07, 6.45) is 0. The first-order valence-electron chi connectivity index (χ1n) is 5.88. The predicted octanol–water partition coefficient (Wildman–Crippen LogP) is 4.94. The minimum Gasteiger partial charge on any atom is -0.434 e. The molecule has 0 aromatic heterocycles. The van der Waals surface area contributed by atoms with Crippen LogP contribution in [-0.2, 0) is 6.54 Å². The first kappa shape index (κ1) is 15.6. The van der Waals surface area contributed by atoms with E-state index in [1.54, 1.807) is 18.2 Å². The van der Waals surface area contributed by atoms with E-state index in [9.17, 15) is 17.6 Å². The summed E-state index contributed by atoms with van der Waals surface area (Å²) in [7, 11) is 0. The van der Waals surface area contributed by atoms with E-state index in [1.807, 2.05) is 0 Å². The molecule has 2 aromatic rings. The topological polar surface area (TPSA) is 21.3 Å². The van der Waals surface area contributed by atoms with Crippen LogP contribution in [0.3, 0.4) is 0 Å². The molecular formula is C14H10BrF4NO. The monoisotopic (exact) mass is 363 g/mol. The zero-order chi connectivity index (χ0) is 15.4. The molecule has 2 rings (SSSR count). The third-order valence-corrected chi connectivity index (χ3v) is 3.28. The molecule has 0 saturated heterocycles. The van der Waals surface area contributed by atoms with Crippen molar-refractivity contribution in [3.05, 3.63) is 58.1 Å². The summed E-state index contributed by atoms with van der Waals surface area (Å²) in [6.45, 7) is -2.89. The van der Waals surface area contributed by atoms with Crippen molar-refractivity contribution in [3.8, 4) is 5.75 Å². The lowest BCUT2D eigenvalue weighted by Gasteiger charge is -2.13. The highest BCUT2D eigenvalue weighted by Crippen LogP contribution is 2.26. The number of ether oxygens (including phenoxy) is 1. The number of alkyl halides is 2. The number of para-hydroxylation sites is 1. The van der Waals surface area contributed by atoms with Gasteiger partial charge in [-0.15, -0.1) is 0 Å². The van der Waals surface area contributed by atoms with E-state index in [1.165, 1.54) is 12.1 Å². The van der Waals surface area contributed by atoms with Crippen LogP contribution in [-0.4, -0.2) is 6.61 Å². The Labute approximate surface area is 126 Å². The SMILES string of the molecule is Fc1cc(F)c(NCc2ccccc2OC(F)F)cc1Br. The number of benzene rings is 2. The maximum Gasteiger partial charge on any atom is 0.387 e. The van der Waals surface area contributed by atoms with Gasteiger partial charge in [-0.3, -0.25) is 0 Å². The maximum atomic E-state index is 13.6. The average molecular weight is 364 g/mol. The highest BCUT2D eigenvalue weighted by molar-refractivity contribution is 9.10. The minimum atomic E-state index is -2.94. The highest BCUT2D eigenvalue weighted by atomic mass is 79.9. The molecule has 0 radical (unpaired) electrons. The van der Waals surface area contributed by atoms with Crippen LogP contribution in [0.4, 0.5) is 23.2 Å². The van der Waals surface area contributed by atoms with Gasteiger partial charge in [0.05, 0.1) is 10.2 Å². The molecule has 0 unspecified atom stereocenters. The predicted molar refractivity (Wildman–Crippen MR) is 74.5 cm³/mol. The fraction of sp³-hybridized carbons (Fsp3) is 0.143. The van der Waals surface area contributed by atoms with Gasteiger partial charge in [0.25, 0.3) is 0 Å². The van der Waals surface area contributed by atoms with Gasteiger partial charge >= 0.3 is 6.61 Å². The largest absolute Gasteiger partial charge is 0.434 e. The van der Waals surface area contributed by atoms with Crippen molar-refractivity contribution in [3.63, 3.8) is 0 Å². The van der Waals surface area contributed by atoms with Crippen molar-refractivity contribution in [2.24, 2.45) is 0 Å². The smallest absolute Gasteiger partial charge is 0.387 e. The maximum absolute atomic E-state index is 13.6. The third kappa shape index (κ3) is 4.10. The molecule has 2 nitrogen and oxygen atoms in total. The molecule has 0 aliphatic rings. The average Bonchev–Trinajstić information content (AvgIpc) is 2.42. The first-order chi connectivity index (χ1) is 9.97. The molecule has 1 N–H and O–H groups in total. The summed E-state index contributed by atoms with van der Waals surface area (Å²) < 4.78 is 55.7. The van der Waals surface area contributed by atoms with Crippen LogP contribution >= 0.6 is 15.9 Å². The van der Waals surface area contributed by atoms with E-state index >= 15 is 0 Å². The minimum absolute atomic E-state index is 0.00147. The molecular weight excluding hydrogens is 354 g/mol. The molecule has 0 spiro atoms. The summed E-state index contributed by atoms with van der Waals surface area (Å²) in [5.74, 6) is -1.50. The molecule has 112 valence electrons. The number of hydrogen-bond donors (Lipinski definition) is 1. The van der Waals surface area contributed by atoms with Gasteiger partial charge in [0.2, 0.25) is 0 Å². The first-order valence-corrected chi connectivity index (χ1v) is 6.68. The molecule has 7 heteroatoms. The van der Waals surface area contributed by atoms with Gasteiger partial charge in [-0.1, -0.05) is 18.2 Å². The molecule has 0 amide bonds. The molecule has 0 aliphatic carbocycles. The van der Waals surface area contributed by atoms with E-state index in [4.69, 9.17) is 0 Å². The van der Waals surface area contributed by atoms with Crippen molar-refractivity contribution in [2.45, 2.75) is 13.2 Å². The lowest BCUT2D eigenvalue weighted by molar-refractivity contribution is -0.0504. The number of halogens is 5. The number of rotatable bonds is 5. The van der Waals surface area contributed by atoms with Gasteiger partial charge in [-0.25, -0.2) is 8.78 Å². The zero-order valence-electron chi connectivity index (χ0n) is 10.5. The van der Waals surface area contributed by atoms with Crippen LogP contribution in [0.2, 0.25) is 0 Å². The van der Waals surface area contributed by atoms with E-state index in [0.29, 0.717) is 5.56 Å². The normalized spacial score (nSPS) is 10.8. The van der Waals surface area contributed by atoms with E-state index in [-0.39, 0.29) is 22.5 Å². The molecule has 0 heterocycles. The van der Waals surface area contributed by atoms with E-state index in [2.05, 4.69) is 26.0 Å². The summed E-state index contributed by atoms with van der Waals surface area (Å²) in [5, 5.41) is 2.71. The van der Waals surface area contributed by atoms with Crippen LogP contribution in [0.5, 0.6) is 5.75 Å². The molecule has 2 aromatic carbocycles. The molecule has 0 saturated carbocycles. The highest BCUT2D eigenvalue weighted by Gasteiger charge is 2.11. The molecule has 0 aliphatic heterocycles.